The summed E-state index contributed by atoms with van der Waals surface area (Å²) in [5.41, 5.74) is 1.17. The van der Waals surface area contributed by atoms with Crippen molar-refractivity contribution in [3.63, 3.8) is 0 Å². The van der Waals surface area contributed by atoms with Crippen LogP contribution in [0.1, 0.15) is 5.56 Å². The lowest BCUT2D eigenvalue weighted by atomic mass is 10.2. The van der Waals surface area contributed by atoms with E-state index in [0.29, 0.717) is 0 Å². The predicted molar refractivity (Wildman–Crippen MR) is 74.0 cm³/mol. The maximum atomic E-state index is 12.0. The lowest BCUT2D eigenvalue weighted by Crippen LogP contribution is -1.98. The molecule has 0 aliphatic rings. The third-order valence-corrected chi connectivity index (χ3v) is 2.09. The van der Waals surface area contributed by atoms with E-state index in [-0.39, 0.29) is 6.07 Å². The first-order chi connectivity index (χ1) is 9.97. The van der Waals surface area contributed by atoms with Crippen molar-refractivity contribution in [2.24, 2.45) is 0 Å². The molecule has 0 aliphatic carbocycles. The fraction of sp³-hybridized carbons (Fsp3) is 0. The van der Waals surface area contributed by atoms with E-state index in [9.17, 15) is 22.0 Å². The lowest BCUT2D eigenvalue weighted by molar-refractivity contribution is 0.378. The highest BCUT2D eigenvalue weighted by molar-refractivity contribution is 5.45. The summed E-state index contributed by atoms with van der Waals surface area (Å²) < 4.78 is 60.0. The third kappa shape index (κ3) is 5.60. The van der Waals surface area contributed by atoms with Crippen LogP contribution < -0.4 is 0 Å². The van der Waals surface area contributed by atoms with Gasteiger partial charge in [0.05, 0.1) is 0 Å². The van der Waals surface area contributed by atoms with Crippen molar-refractivity contribution in [1.29, 1.82) is 0 Å². The van der Waals surface area contributed by atoms with Crippen LogP contribution in [0.4, 0.5) is 22.0 Å². The van der Waals surface area contributed by atoms with E-state index in [4.69, 9.17) is 0 Å². The van der Waals surface area contributed by atoms with Crippen molar-refractivity contribution in [3.8, 4) is 0 Å². The van der Waals surface area contributed by atoms with Crippen LogP contribution in [0.2, 0.25) is 0 Å². The maximum absolute atomic E-state index is 12.0. The molecule has 0 nitrogen and oxygen atoms in total. The molecule has 0 aromatic heterocycles. The normalized spacial score (nSPS) is 8.81. The number of benzene rings is 2. The molecule has 0 N–H and O–H groups in total. The van der Waals surface area contributed by atoms with Gasteiger partial charge in [0, 0.05) is 6.07 Å². The Labute approximate surface area is 119 Å². The molecule has 0 saturated carbocycles. The minimum Gasteiger partial charge on any atom is -0.204 e. The zero-order chi connectivity index (χ0) is 16.4. The fourth-order valence-corrected chi connectivity index (χ4v) is 1.13. The van der Waals surface area contributed by atoms with E-state index >= 15 is 0 Å². The van der Waals surface area contributed by atoms with Crippen molar-refractivity contribution in [2.45, 2.75) is 0 Å². The molecule has 2 rings (SSSR count). The number of halogens is 5. The highest BCUT2D eigenvalue weighted by Crippen LogP contribution is 2.16. The van der Waals surface area contributed by atoms with Gasteiger partial charge in [-0.05, 0) is 5.56 Å². The van der Waals surface area contributed by atoms with Gasteiger partial charge in [0.1, 0.15) is 0 Å². The SMILES string of the molecule is C=C.C=Cc1ccccc1.Fc1cc(F)c(F)c(F)c1F. The number of rotatable bonds is 1. The van der Waals surface area contributed by atoms with E-state index < -0.39 is 29.1 Å². The van der Waals surface area contributed by atoms with Crippen molar-refractivity contribution in [3.05, 3.63) is 90.8 Å². The van der Waals surface area contributed by atoms with Gasteiger partial charge >= 0.3 is 0 Å². The average Bonchev–Trinajstić information content (AvgIpc) is 2.54. The summed E-state index contributed by atoms with van der Waals surface area (Å²) in [5, 5.41) is 0. The molecule has 0 unspecified atom stereocenters. The van der Waals surface area contributed by atoms with Crippen LogP contribution in [-0.4, -0.2) is 0 Å². The molecule has 0 saturated heterocycles. The van der Waals surface area contributed by atoms with Gasteiger partial charge in [0.15, 0.2) is 23.3 Å². The van der Waals surface area contributed by atoms with Gasteiger partial charge in [-0.15, -0.1) is 13.2 Å². The lowest BCUT2D eigenvalue weighted by Gasteiger charge is -1.96. The van der Waals surface area contributed by atoms with Gasteiger partial charge in [-0.3, -0.25) is 0 Å². The zero-order valence-corrected chi connectivity index (χ0v) is 11.1. The molecule has 0 atom stereocenters. The second kappa shape index (κ2) is 9.47. The van der Waals surface area contributed by atoms with Crippen LogP contribution in [0.25, 0.3) is 6.08 Å². The molecule has 112 valence electrons. The standard InChI is InChI=1S/C8H8.C6HF5.C2H4/c1-2-8-6-4-3-5-7-8;7-2-1-3(8)5(10)6(11)4(2)9;1-2/h2-7H,1H2;1H;1-2H2. The summed E-state index contributed by atoms with van der Waals surface area (Å²) in [6.45, 7) is 9.63. The van der Waals surface area contributed by atoms with Crippen molar-refractivity contribution in [1.82, 2.24) is 0 Å². The van der Waals surface area contributed by atoms with Gasteiger partial charge in [0.2, 0.25) is 5.82 Å². The van der Waals surface area contributed by atoms with Crippen LogP contribution in [0.5, 0.6) is 0 Å². The van der Waals surface area contributed by atoms with Gasteiger partial charge in [-0.2, -0.15) is 0 Å². The molecular weight excluding hydrogens is 287 g/mol. The van der Waals surface area contributed by atoms with E-state index in [1.807, 2.05) is 36.4 Å². The molecule has 0 radical (unpaired) electrons. The molecule has 21 heavy (non-hydrogen) atoms. The highest BCUT2D eigenvalue weighted by atomic mass is 19.2. The minimum absolute atomic E-state index is 0.0618. The summed E-state index contributed by atoms with van der Waals surface area (Å²) in [6, 6.07) is 9.97. The average molecular weight is 300 g/mol. The van der Waals surface area contributed by atoms with Crippen molar-refractivity contribution < 1.29 is 22.0 Å². The van der Waals surface area contributed by atoms with Crippen molar-refractivity contribution in [2.75, 3.05) is 0 Å². The Morgan fingerprint density at radius 2 is 1.14 bits per heavy atom. The Bertz CT molecular complexity index is 553. The molecule has 0 spiro atoms. The summed E-state index contributed by atoms with van der Waals surface area (Å²) >= 11 is 0. The molecule has 5 heteroatoms. The molecule has 2 aromatic rings. The van der Waals surface area contributed by atoms with Crippen LogP contribution >= 0.6 is 0 Å². The van der Waals surface area contributed by atoms with Gasteiger partial charge in [-0.1, -0.05) is 43.0 Å². The molecule has 0 fully saturated rings. The molecule has 0 heterocycles. The topological polar surface area (TPSA) is 0 Å². The van der Waals surface area contributed by atoms with Crippen molar-refractivity contribution >= 4 is 6.08 Å². The molecule has 0 amide bonds. The van der Waals surface area contributed by atoms with Gasteiger partial charge in [-0.25, -0.2) is 22.0 Å². The molecule has 0 bridgehead atoms. The first-order valence-corrected chi connectivity index (χ1v) is 5.63. The smallest absolute Gasteiger partial charge is 0.200 e. The van der Waals surface area contributed by atoms with E-state index in [2.05, 4.69) is 19.7 Å². The van der Waals surface area contributed by atoms with Crippen LogP contribution in [0.3, 0.4) is 0 Å². The van der Waals surface area contributed by atoms with E-state index in [0.717, 1.165) is 0 Å². The van der Waals surface area contributed by atoms with Gasteiger partial charge < -0.3 is 0 Å². The highest BCUT2D eigenvalue weighted by Gasteiger charge is 2.18. The molecule has 0 aliphatic heterocycles. The summed E-state index contributed by atoms with van der Waals surface area (Å²) in [6.07, 6.45) is 1.83. The van der Waals surface area contributed by atoms with Crippen LogP contribution in [0.15, 0.2) is 56.1 Å². The largest absolute Gasteiger partial charge is 0.204 e. The van der Waals surface area contributed by atoms with Gasteiger partial charge in [0.25, 0.3) is 0 Å². The Morgan fingerprint density at radius 1 is 0.714 bits per heavy atom. The Morgan fingerprint density at radius 3 is 1.48 bits per heavy atom. The van der Waals surface area contributed by atoms with E-state index in [1.165, 1.54) is 5.56 Å². The summed E-state index contributed by atoms with van der Waals surface area (Å²) in [4.78, 5) is 0. The third-order valence-electron chi connectivity index (χ3n) is 2.09. The quantitative estimate of drug-likeness (QED) is 0.282. The Hall–Kier alpha value is -2.43. The van der Waals surface area contributed by atoms with Crippen LogP contribution in [0, 0.1) is 29.1 Å². The minimum atomic E-state index is -2.14. The summed E-state index contributed by atoms with van der Waals surface area (Å²) in [7, 11) is 0. The molecule has 2 aromatic carbocycles. The monoisotopic (exact) mass is 300 g/mol. The van der Waals surface area contributed by atoms with E-state index in [1.54, 1.807) is 0 Å². The van der Waals surface area contributed by atoms with Crippen LogP contribution in [-0.2, 0) is 0 Å². The predicted octanol–water partition coefficient (Wildman–Crippen LogP) is 5.51. The fourth-order valence-electron chi connectivity index (χ4n) is 1.13. The maximum Gasteiger partial charge on any atom is 0.200 e. The molecular formula is C16H13F5. The summed E-state index contributed by atoms with van der Waals surface area (Å²) in [5.74, 6) is -9.65. The second-order valence-corrected chi connectivity index (χ2v) is 3.40. The second-order valence-electron chi connectivity index (χ2n) is 3.40. The first kappa shape index (κ1) is 18.6. The first-order valence-electron chi connectivity index (χ1n) is 5.63. The Balaban J connectivity index is 0.000000354. The Kier molecular flexibility index (Phi) is 8.37. The zero-order valence-electron chi connectivity index (χ0n) is 11.1. The number of hydrogen-bond donors (Lipinski definition) is 0. The number of hydrogen-bond acceptors (Lipinski definition) is 0.